The summed E-state index contributed by atoms with van der Waals surface area (Å²) in [6.07, 6.45) is 12.8. The molecule has 248 valence electrons. The molecular formula is C40H58O5. The highest BCUT2D eigenvalue weighted by Gasteiger charge is 2.72. The number of carbonyl (C=O) groups excluding carboxylic acids is 1. The van der Waals surface area contributed by atoms with Crippen molar-refractivity contribution in [1.29, 1.82) is 0 Å². The Balaban J connectivity index is 1.23. The molecule has 5 saturated carbocycles. The van der Waals surface area contributed by atoms with Crippen molar-refractivity contribution in [1.82, 2.24) is 0 Å². The highest BCUT2D eigenvalue weighted by atomic mass is 16.5. The molecule has 0 radical (unpaired) electrons. The van der Waals surface area contributed by atoms with E-state index in [0.29, 0.717) is 35.3 Å². The van der Waals surface area contributed by atoms with Crippen LogP contribution in [0.4, 0.5) is 0 Å². The molecule has 0 aliphatic heterocycles. The fourth-order valence-electron chi connectivity index (χ4n) is 12.8. The van der Waals surface area contributed by atoms with Crippen LogP contribution in [0.5, 0.6) is 11.5 Å². The summed E-state index contributed by atoms with van der Waals surface area (Å²) in [7, 11) is 1.51. The first kappa shape index (κ1) is 32.7. The number of aliphatic hydroxyl groups is 1. The minimum atomic E-state index is -0.319. The van der Waals surface area contributed by atoms with E-state index in [1.54, 1.807) is 24.3 Å². The van der Waals surface area contributed by atoms with Crippen LogP contribution in [0.1, 0.15) is 112 Å². The molecule has 0 saturated heterocycles. The number of benzene rings is 1. The predicted octanol–water partition coefficient (Wildman–Crippen LogP) is 8.97. The molecule has 45 heavy (non-hydrogen) atoms. The average Bonchev–Trinajstić information content (AvgIpc) is 3.34. The number of phenols is 1. The van der Waals surface area contributed by atoms with Crippen molar-refractivity contribution in [2.75, 3.05) is 7.11 Å². The Labute approximate surface area is 271 Å². The highest BCUT2D eigenvalue weighted by molar-refractivity contribution is 5.87. The Bertz CT molecular complexity index is 1380. The highest BCUT2D eigenvalue weighted by Crippen LogP contribution is 2.77. The molecule has 5 nitrogen and oxygen atoms in total. The number of carbonyl (C=O) groups is 1. The lowest BCUT2D eigenvalue weighted by Gasteiger charge is -2.73. The van der Waals surface area contributed by atoms with Crippen LogP contribution in [0.15, 0.2) is 36.4 Å². The SMILES string of the molecule is C=C(C)C1CCC2(C)C(O)CC3(C)C(CCC4C5(C)CCC(OC(=O)C=Cc6ccc(O)c(OC)c6)C(C)(C)C5CCC43C)C12. The van der Waals surface area contributed by atoms with Crippen LogP contribution in [0.3, 0.4) is 0 Å². The molecule has 5 aliphatic rings. The minimum absolute atomic E-state index is 0.00478. The zero-order valence-corrected chi connectivity index (χ0v) is 29.1. The second-order valence-electron chi connectivity index (χ2n) is 17.5. The van der Waals surface area contributed by atoms with E-state index in [9.17, 15) is 15.0 Å². The van der Waals surface area contributed by atoms with Crippen LogP contribution >= 0.6 is 0 Å². The van der Waals surface area contributed by atoms with E-state index in [0.717, 1.165) is 37.7 Å². The Morgan fingerprint density at radius 1 is 0.933 bits per heavy atom. The van der Waals surface area contributed by atoms with Gasteiger partial charge in [-0.2, -0.15) is 0 Å². The lowest BCUT2D eigenvalue weighted by atomic mass is 9.32. The maximum atomic E-state index is 13.1. The van der Waals surface area contributed by atoms with Gasteiger partial charge in [0.1, 0.15) is 6.10 Å². The summed E-state index contributed by atoms with van der Waals surface area (Å²) in [6.45, 7) is 21.5. The number of hydrogen-bond acceptors (Lipinski definition) is 5. The zero-order chi connectivity index (χ0) is 32.7. The molecule has 5 fully saturated rings. The number of phenolic OH excluding ortho intramolecular Hbond substituents is 1. The fraction of sp³-hybridized carbons (Fsp3) is 0.725. The predicted molar refractivity (Wildman–Crippen MR) is 180 cm³/mol. The largest absolute Gasteiger partial charge is 0.504 e. The standard InChI is InChI=1S/C40H58O5/c1-24(2)26-16-19-38(6)32(42)23-40(8)27(35(26)38)12-14-31-37(5)20-18-33(36(3,4)30(37)17-21-39(31,40)7)45-34(43)15-11-25-10-13-28(41)29(22-25)44-9/h10-11,13,15,22,26-27,30-33,35,41-42H,1,12,14,16-21,23H2,2-9H3. The van der Waals surface area contributed by atoms with E-state index >= 15 is 0 Å². The summed E-state index contributed by atoms with van der Waals surface area (Å²) >= 11 is 0. The number of rotatable bonds is 5. The molecule has 0 aromatic heterocycles. The third kappa shape index (κ3) is 4.67. The lowest BCUT2D eigenvalue weighted by molar-refractivity contribution is -0.262. The first-order chi connectivity index (χ1) is 21.0. The maximum absolute atomic E-state index is 13.1. The van der Waals surface area contributed by atoms with Crippen LogP contribution in [0, 0.1) is 56.7 Å². The topological polar surface area (TPSA) is 76.0 Å². The van der Waals surface area contributed by atoms with Crippen molar-refractivity contribution in [3.63, 3.8) is 0 Å². The summed E-state index contributed by atoms with van der Waals surface area (Å²) in [4.78, 5) is 13.1. The van der Waals surface area contributed by atoms with Gasteiger partial charge in [-0.05, 0) is 140 Å². The summed E-state index contributed by atoms with van der Waals surface area (Å²) in [5, 5.41) is 21.8. The van der Waals surface area contributed by atoms with Crippen LogP contribution < -0.4 is 4.74 Å². The van der Waals surface area contributed by atoms with Gasteiger partial charge in [0.15, 0.2) is 11.5 Å². The number of esters is 1. The summed E-state index contributed by atoms with van der Waals surface area (Å²) in [5.41, 5.74) is 2.38. The monoisotopic (exact) mass is 618 g/mol. The summed E-state index contributed by atoms with van der Waals surface area (Å²) in [5.74, 6) is 2.86. The van der Waals surface area contributed by atoms with Gasteiger partial charge >= 0.3 is 5.97 Å². The number of ether oxygens (including phenoxy) is 2. The maximum Gasteiger partial charge on any atom is 0.331 e. The van der Waals surface area contributed by atoms with Gasteiger partial charge in [0.25, 0.3) is 0 Å². The quantitative estimate of drug-likeness (QED) is 0.196. The molecule has 6 rings (SSSR count). The van der Waals surface area contributed by atoms with Gasteiger partial charge in [0, 0.05) is 11.5 Å². The molecule has 0 amide bonds. The van der Waals surface area contributed by atoms with Gasteiger partial charge in [-0.3, -0.25) is 0 Å². The number of aliphatic hydroxyl groups excluding tert-OH is 1. The number of aromatic hydroxyl groups is 1. The first-order valence-electron chi connectivity index (χ1n) is 17.6. The van der Waals surface area contributed by atoms with Crippen LogP contribution in [-0.2, 0) is 9.53 Å². The van der Waals surface area contributed by atoms with Gasteiger partial charge in [0.2, 0.25) is 0 Å². The Morgan fingerprint density at radius 2 is 1.64 bits per heavy atom. The average molecular weight is 619 g/mol. The van der Waals surface area contributed by atoms with Gasteiger partial charge < -0.3 is 19.7 Å². The molecule has 11 atom stereocenters. The van der Waals surface area contributed by atoms with E-state index in [-0.39, 0.29) is 51.0 Å². The van der Waals surface area contributed by atoms with Crippen LogP contribution in [0.25, 0.3) is 6.08 Å². The molecule has 0 bridgehead atoms. The van der Waals surface area contributed by atoms with Gasteiger partial charge in [-0.15, -0.1) is 0 Å². The minimum Gasteiger partial charge on any atom is -0.504 e. The third-order valence-corrected chi connectivity index (χ3v) is 15.4. The van der Waals surface area contributed by atoms with Crippen LogP contribution in [0.2, 0.25) is 0 Å². The molecule has 11 unspecified atom stereocenters. The molecule has 2 N–H and O–H groups in total. The number of hydrogen-bond donors (Lipinski definition) is 2. The molecule has 1 aromatic rings. The van der Waals surface area contributed by atoms with Crippen molar-refractivity contribution < 1.29 is 24.5 Å². The van der Waals surface area contributed by atoms with Gasteiger partial charge in [-0.25, -0.2) is 4.79 Å². The van der Waals surface area contributed by atoms with E-state index in [1.165, 1.54) is 44.4 Å². The normalized spacial score (nSPS) is 45.1. The smallest absolute Gasteiger partial charge is 0.331 e. The van der Waals surface area contributed by atoms with E-state index in [1.807, 2.05) is 0 Å². The Hall–Kier alpha value is -2.27. The summed E-state index contributed by atoms with van der Waals surface area (Å²) < 4.78 is 11.4. The first-order valence-corrected chi connectivity index (χ1v) is 17.6. The van der Waals surface area contributed by atoms with Crippen molar-refractivity contribution >= 4 is 12.0 Å². The van der Waals surface area contributed by atoms with Crippen LogP contribution in [-0.4, -0.2) is 35.5 Å². The van der Waals surface area contributed by atoms with Crippen molar-refractivity contribution in [3.8, 4) is 11.5 Å². The molecule has 0 spiro atoms. The molecule has 1 aromatic carbocycles. The van der Waals surface area contributed by atoms with Crippen molar-refractivity contribution in [2.24, 2.45) is 56.7 Å². The second kappa shape index (κ2) is 10.9. The lowest BCUT2D eigenvalue weighted by Crippen LogP contribution is -2.68. The molecular weight excluding hydrogens is 560 g/mol. The Morgan fingerprint density at radius 3 is 2.33 bits per heavy atom. The summed E-state index contributed by atoms with van der Waals surface area (Å²) in [6, 6.07) is 5.03. The number of fused-ring (bicyclic) bond motifs is 7. The number of methoxy groups -OCH3 is 1. The van der Waals surface area contributed by atoms with Crippen molar-refractivity contribution in [2.45, 2.75) is 118 Å². The Kier molecular flexibility index (Phi) is 7.90. The van der Waals surface area contributed by atoms with E-state index in [2.05, 4.69) is 55.0 Å². The van der Waals surface area contributed by atoms with E-state index in [4.69, 9.17) is 9.47 Å². The third-order valence-electron chi connectivity index (χ3n) is 15.4. The fourth-order valence-corrected chi connectivity index (χ4v) is 12.8. The molecule has 5 aliphatic carbocycles. The van der Waals surface area contributed by atoms with Crippen molar-refractivity contribution in [3.05, 3.63) is 42.0 Å². The van der Waals surface area contributed by atoms with Gasteiger partial charge in [-0.1, -0.05) is 59.8 Å². The van der Waals surface area contributed by atoms with E-state index < -0.39 is 0 Å². The number of allylic oxidation sites excluding steroid dienone is 1. The molecule has 5 heteroatoms. The zero-order valence-electron chi connectivity index (χ0n) is 29.1. The molecule has 0 heterocycles. The second-order valence-corrected chi connectivity index (χ2v) is 17.5. The van der Waals surface area contributed by atoms with Gasteiger partial charge in [0.05, 0.1) is 13.2 Å².